The zero-order valence-electron chi connectivity index (χ0n) is 11.7. The first-order chi connectivity index (χ1) is 10.1. The van der Waals surface area contributed by atoms with Crippen molar-refractivity contribution in [2.45, 2.75) is 42.2 Å². The quantitative estimate of drug-likeness (QED) is 0.837. The molecule has 1 aromatic rings. The van der Waals surface area contributed by atoms with E-state index in [9.17, 15) is 13.2 Å². The average Bonchev–Trinajstić information content (AvgIpc) is 2.71. The van der Waals surface area contributed by atoms with E-state index in [2.05, 4.69) is 0 Å². The number of rotatable bonds is 2. The number of ketones is 1. The van der Waals surface area contributed by atoms with Crippen molar-refractivity contribution in [3.05, 3.63) is 18.2 Å². The normalized spacial score (nSPS) is 22.7. The molecule has 0 bridgehead atoms. The molecule has 1 atom stereocenters. The second kappa shape index (κ2) is 5.67. The first-order valence-electron chi connectivity index (χ1n) is 7.22. The van der Waals surface area contributed by atoms with Gasteiger partial charge in [0.1, 0.15) is 5.78 Å². The van der Waals surface area contributed by atoms with Gasteiger partial charge in [0, 0.05) is 25.3 Å². The Morgan fingerprint density at radius 1 is 1.05 bits per heavy atom. The van der Waals surface area contributed by atoms with Crippen LogP contribution in [0.4, 0.5) is 0 Å². The molecule has 0 aromatic heterocycles. The van der Waals surface area contributed by atoms with Crippen LogP contribution in [0.15, 0.2) is 23.1 Å². The lowest BCUT2D eigenvalue weighted by Crippen LogP contribution is -2.28. The molecule has 1 unspecified atom stereocenters. The third kappa shape index (κ3) is 2.90. The molecule has 1 aromatic carbocycles. The molecule has 2 aliphatic rings. The van der Waals surface area contributed by atoms with E-state index < -0.39 is 15.1 Å². The minimum absolute atomic E-state index is 0.0316. The smallest absolute Gasteiger partial charge is 0.181 e. The van der Waals surface area contributed by atoms with Gasteiger partial charge in [-0.15, -0.1) is 0 Å². The van der Waals surface area contributed by atoms with E-state index in [0.29, 0.717) is 44.0 Å². The highest BCUT2D eigenvalue weighted by Crippen LogP contribution is 2.34. The molecule has 0 amide bonds. The predicted molar refractivity (Wildman–Crippen MR) is 76.5 cm³/mol. The minimum atomic E-state index is -3.50. The molecule has 5 nitrogen and oxygen atoms in total. The summed E-state index contributed by atoms with van der Waals surface area (Å²) in [5.41, 5.74) is 0. The lowest BCUT2D eigenvalue weighted by Gasteiger charge is -2.21. The summed E-state index contributed by atoms with van der Waals surface area (Å²) in [7, 11) is -3.50. The number of benzene rings is 1. The highest BCUT2D eigenvalue weighted by Gasteiger charge is 2.32. The Bertz CT molecular complexity index is 650. The molecule has 0 spiro atoms. The van der Waals surface area contributed by atoms with Crippen LogP contribution in [0.1, 0.15) is 32.1 Å². The van der Waals surface area contributed by atoms with Gasteiger partial charge in [-0.1, -0.05) is 0 Å². The molecule has 21 heavy (non-hydrogen) atoms. The fraction of sp³-hybridized carbons (Fsp3) is 0.533. The molecule has 1 saturated carbocycles. The Morgan fingerprint density at radius 3 is 2.57 bits per heavy atom. The number of sulfone groups is 1. The molecule has 1 fully saturated rings. The number of carbonyl (C=O) groups is 1. The SMILES string of the molecule is O=C1CCCC(S(=O)(=O)c2ccc3c(c2)OCCCO3)C1. The average molecular weight is 310 g/mol. The van der Waals surface area contributed by atoms with E-state index in [1.165, 1.54) is 6.07 Å². The van der Waals surface area contributed by atoms with Gasteiger partial charge in [0.15, 0.2) is 21.3 Å². The molecule has 114 valence electrons. The topological polar surface area (TPSA) is 69.7 Å². The standard InChI is InChI=1S/C15H18O5S/c16-11-3-1-4-12(9-11)21(17,18)13-5-6-14-15(10-13)20-8-2-7-19-14/h5-6,10,12H,1-4,7-9H2. The maximum absolute atomic E-state index is 12.7. The second-order valence-corrected chi connectivity index (χ2v) is 7.69. The molecule has 1 aliphatic carbocycles. The highest BCUT2D eigenvalue weighted by atomic mass is 32.2. The second-order valence-electron chi connectivity index (χ2n) is 5.46. The summed E-state index contributed by atoms with van der Waals surface area (Å²) in [4.78, 5) is 11.7. The zero-order valence-corrected chi connectivity index (χ0v) is 12.5. The number of ether oxygens (including phenoxy) is 2. The first-order valence-corrected chi connectivity index (χ1v) is 8.77. The van der Waals surface area contributed by atoms with E-state index in [-0.39, 0.29) is 17.1 Å². The third-order valence-corrected chi connectivity index (χ3v) is 6.11. The Kier molecular flexibility index (Phi) is 3.89. The molecule has 1 aliphatic heterocycles. The van der Waals surface area contributed by atoms with Crippen LogP contribution in [-0.4, -0.2) is 32.7 Å². The minimum Gasteiger partial charge on any atom is -0.490 e. The number of hydrogen-bond acceptors (Lipinski definition) is 5. The predicted octanol–water partition coefficient (Wildman–Crippen LogP) is 2.13. The molecule has 1 heterocycles. The van der Waals surface area contributed by atoms with Crippen LogP contribution >= 0.6 is 0 Å². The number of fused-ring (bicyclic) bond motifs is 1. The van der Waals surface area contributed by atoms with Crippen molar-refractivity contribution in [1.82, 2.24) is 0 Å². The van der Waals surface area contributed by atoms with Crippen LogP contribution in [0, 0.1) is 0 Å². The highest BCUT2D eigenvalue weighted by molar-refractivity contribution is 7.92. The Hall–Kier alpha value is -1.56. The van der Waals surface area contributed by atoms with Crippen molar-refractivity contribution < 1.29 is 22.7 Å². The van der Waals surface area contributed by atoms with Crippen molar-refractivity contribution >= 4 is 15.6 Å². The van der Waals surface area contributed by atoms with Crippen molar-refractivity contribution in [3.8, 4) is 11.5 Å². The van der Waals surface area contributed by atoms with Crippen molar-refractivity contribution in [3.63, 3.8) is 0 Å². The van der Waals surface area contributed by atoms with Crippen molar-refractivity contribution in [2.24, 2.45) is 0 Å². The Labute approximate surface area is 124 Å². The summed E-state index contributed by atoms with van der Waals surface area (Å²) in [5.74, 6) is 1.08. The van der Waals surface area contributed by atoms with Crippen LogP contribution in [0.5, 0.6) is 11.5 Å². The third-order valence-electron chi connectivity index (χ3n) is 3.92. The van der Waals surface area contributed by atoms with E-state index >= 15 is 0 Å². The molecule has 0 radical (unpaired) electrons. The lowest BCUT2D eigenvalue weighted by atomic mass is 9.99. The number of hydrogen-bond donors (Lipinski definition) is 0. The van der Waals surface area contributed by atoms with Gasteiger partial charge in [-0.2, -0.15) is 0 Å². The summed E-state index contributed by atoms with van der Waals surface area (Å²) < 4.78 is 36.4. The maximum Gasteiger partial charge on any atom is 0.181 e. The van der Waals surface area contributed by atoms with Gasteiger partial charge in [-0.25, -0.2) is 8.42 Å². The van der Waals surface area contributed by atoms with Gasteiger partial charge >= 0.3 is 0 Å². The maximum atomic E-state index is 12.7. The molecule has 3 rings (SSSR count). The fourth-order valence-electron chi connectivity index (χ4n) is 2.76. The summed E-state index contributed by atoms with van der Waals surface area (Å²) in [6.07, 6.45) is 2.58. The van der Waals surface area contributed by atoms with Gasteiger partial charge in [-0.3, -0.25) is 4.79 Å². The molecular formula is C15H18O5S. The number of carbonyl (C=O) groups excluding carboxylic acids is 1. The summed E-state index contributed by atoms with van der Waals surface area (Å²) in [6.45, 7) is 1.08. The zero-order chi connectivity index (χ0) is 14.9. The monoisotopic (exact) mass is 310 g/mol. The molecular weight excluding hydrogens is 292 g/mol. The summed E-state index contributed by atoms with van der Waals surface area (Å²) >= 11 is 0. The Balaban J connectivity index is 1.92. The van der Waals surface area contributed by atoms with Crippen molar-refractivity contribution in [2.75, 3.05) is 13.2 Å². The van der Waals surface area contributed by atoms with Crippen LogP contribution < -0.4 is 9.47 Å². The van der Waals surface area contributed by atoms with E-state index in [0.717, 1.165) is 6.42 Å². The van der Waals surface area contributed by atoms with Crippen molar-refractivity contribution in [1.29, 1.82) is 0 Å². The van der Waals surface area contributed by atoms with Crippen LogP contribution in [0.25, 0.3) is 0 Å². The summed E-state index contributed by atoms with van der Waals surface area (Å²) in [6, 6.07) is 4.70. The lowest BCUT2D eigenvalue weighted by molar-refractivity contribution is -0.120. The van der Waals surface area contributed by atoms with Gasteiger partial charge in [0.2, 0.25) is 0 Å². The fourth-order valence-corrected chi connectivity index (χ4v) is 4.56. The molecule has 6 heteroatoms. The first kappa shape index (κ1) is 14.4. The van der Waals surface area contributed by atoms with Crippen LogP contribution in [-0.2, 0) is 14.6 Å². The van der Waals surface area contributed by atoms with Gasteiger partial charge < -0.3 is 9.47 Å². The molecule has 0 saturated heterocycles. The van der Waals surface area contributed by atoms with Crippen LogP contribution in [0.2, 0.25) is 0 Å². The Morgan fingerprint density at radius 2 is 1.81 bits per heavy atom. The van der Waals surface area contributed by atoms with E-state index in [1.807, 2.05) is 0 Å². The number of Topliss-reactive ketones (excluding diaryl/α,β-unsaturated/α-hetero) is 1. The van der Waals surface area contributed by atoms with Gasteiger partial charge in [0.05, 0.1) is 23.4 Å². The van der Waals surface area contributed by atoms with Gasteiger partial charge in [-0.05, 0) is 25.0 Å². The van der Waals surface area contributed by atoms with E-state index in [1.54, 1.807) is 12.1 Å². The van der Waals surface area contributed by atoms with E-state index in [4.69, 9.17) is 9.47 Å². The molecule has 0 N–H and O–H groups in total. The van der Waals surface area contributed by atoms with Gasteiger partial charge in [0.25, 0.3) is 0 Å². The largest absolute Gasteiger partial charge is 0.490 e. The summed E-state index contributed by atoms with van der Waals surface area (Å²) in [5, 5.41) is -0.608. The van der Waals surface area contributed by atoms with Crippen LogP contribution in [0.3, 0.4) is 0 Å².